The first-order chi connectivity index (χ1) is 11.7. The average Bonchev–Trinajstić information content (AvgIpc) is 2.61. The number of urea groups is 1. The zero-order valence-corrected chi connectivity index (χ0v) is 14.2. The Morgan fingerprint density at radius 3 is 2.38 bits per heavy atom. The maximum Gasteiger partial charge on any atom is 0.315 e. The third-order valence-electron chi connectivity index (χ3n) is 3.93. The van der Waals surface area contributed by atoms with Crippen LogP contribution in [0.3, 0.4) is 0 Å². The summed E-state index contributed by atoms with van der Waals surface area (Å²) < 4.78 is 0. The van der Waals surface area contributed by atoms with Crippen LogP contribution in [0.15, 0.2) is 54.6 Å². The fourth-order valence-electron chi connectivity index (χ4n) is 2.56. The summed E-state index contributed by atoms with van der Waals surface area (Å²) in [6, 6.07) is 18.6. The third kappa shape index (κ3) is 6.05. The molecule has 0 bridgehead atoms. The van der Waals surface area contributed by atoms with Crippen LogP contribution in [0.4, 0.5) is 4.79 Å². The Bertz CT molecular complexity index is 611. The Morgan fingerprint density at radius 1 is 1.04 bits per heavy atom. The monoisotopic (exact) mass is 326 g/mol. The number of nitrogens with one attached hydrogen (secondary N) is 2. The van der Waals surface area contributed by atoms with Gasteiger partial charge in [0.1, 0.15) is 0 Å². The highest BCUT2D eigenvalue weighted by Gasteiger charge is 2.06. The lowest BCUT2D eigenvalue weighted by Crippen LogP contribution is -2.41. The Kier molecular flexibility index (Phi) is 7.30. The maximum atomic E-state index is 11.8. The molecule has 0 radical (unpaired) electrons. The van der Waals surface area contributed by atoms with Crippen molar-refractivity contribution >= 4 is 6.03 Å². The highest BCUT2D eigenvalue weighted by atomic mass is 16.3. The summed E-state index contributed by atoms with van der Waals surface area (Å²) >= 11 is 0. The largest absolute Gasteiger partial charge is 0.396 e. The summed E-state index contributed by atoms with van der Waals surface area (Å²) in [7, 11) is 0. The van der Waals surface area contributed by atoms with Crippen molar-refractivity contribution in [3.8, 4) is 11.1 Å². The molecule has 0 fully saturated rings. The van der Waals surface area contributed by atoms with Crippen LogP contribution in [-0.4, -0.2) is 30.3 Å². The number of amides is 2. The molecule has 0 saturated carbocycles. The van der Waals surface area contributed by atoms with E-state index in [1.807, 2.05) is 25.1 Å². The van der Waals surface area contributed by atoms with E-state index in [1.54, 1.807) is 0 Å². The molecule has 0 aromatic heterocycles. The van der Waals surface area contributed by atoms with Crippen molar-refractivity contribution in [3.63, 3.8) is 0 Å². The lowest BCUT2D eigenvalue weighted by molar-refractivity contribution is 0.234. The van der Waals surface area contributed by atoms with Crippen LogP contribution in [0, 0.1) is 0 Å². The summed E-state index contributed by atoms with van der Waals surface area (Å²) in [6.45, 7) is 2.70. The number of rotatable bonds is 8. The number of aliphatic hydroxyl groups excluding tert-OH is 1. The molecule has 0 aliphatic carbocycles. The Labute approximate surface area is 143 Å². The number of carbonyl (C=O) groups is 1. The van der Waals surface area contributed by atoms with Crippen molar-refractivity contribution in [3.05, 3.63) is 60.2 Å². The van der Waals surface area contributed by atoms with E-state index in [1.165, 1.54) is 16.7 Å². The molecule has 1 atom stereocenters. The van der Waals surface area contributed by atoms with Gasteiger partial charge in [0, 0.05) is 19.2 Å². The van der Waals surface area contributed by atoms with E-state index in [0.29, 0.717) is 13.0 Å². The molecule has 4 heteroatoms. The molecule has 2 aromatic rings. The smallest absolute Gasteiger partial charge is 0.315 e. The SMILES string of the molecule is CC(CCCO)NC(=O)NCCc1ccc(-c2ccccc2)cc1. The van der Waals surface area contributed by atoms with Crippen LogP contribution >= 0.6 is 0 Å². The Morgan fingerprint density at radius 2 is 1.71 bits per heavy atom. The second kappa shape index (κ2) is 9.73. The van der Waals surface area contributed by atoms with Crippen molar-refractivity contribution in [2.45, 2.75) is 32.2 Å². The van der Waals surface area contributed by atoms with Gasteiger partial charge in [-0.15, -0.1) is 0 Å². The van der Waals surface area contributed by atoms with Gasteiger partial charge in [-0.3, -0.25) is 0 Å². The van der Waals surface area contributed by atoms with Gasteiger partial charge in [0.2, 0.25) is 0 Å². The van der Waals surface area contributed by atoms with Gasteiger partial charge in [-0.25, -0.2) is 4.79 Å². The molecule has 0 aliphatic heterocycles. The average molecular weight is 326 g/mol. The number of carbonyl (C=O) groups excluding carboxylic acids is 1. The zero-order chi connectivity index (χ0) is 17.2. The van der Waals surface area contributed by atoms with E-state index in [4.69, 9.17) is 5.11 Å². The lowest BCUT2D eigenvalue weighted by Gasteiger charge is -2.14. The minimum Gasteiger partial charge on any atom is -0.396 e. The molecule has 2 aromatic carbocycles. The van der Waals surface area contributed by atoms with Gasteiger partial charge >= 0.3 is 6.03 Å². The molecule has 0 spiro atoms. The standard InChI is InChI=1S/C20H26N2O2/c1-16(6-5-15-23)22-20(24)21-14-13-17-9-11-19(12-10-17)18-7-3-2-4-8-18/h2-4,7-12,16,23H,5-6,13-15H2,1H3,(H2,21,22,24). The van der Waals surface area contributed by atoms with Gasteiger partial charge in [-0.1, -0.05) is 54.6 Å². The Balaban J connectivity index is 1.74. The van der Waals surface area contributed by atoms with E-state index in [2.05, 4.69) is 47.0 Å². The molecule has 2 rings (SSSR count). The van der Waals surface area contributed by atoms with Crippen LogP contribution in [-0.2, 0) is 6.42 Å². The maximum absolute atomic E-state index is 11.8. The predicted molar refractivity (Wildman–Crippen MR) is 97.9 cm³/mol. The molecule has 2 amide bonds. The van der Waals surface area contributed by atoms with Crippen molar-refractivity contribution in [1.29, 1.82) is 0 Å². The number of hydrogen-bond donors (Lipinski definition) is 3. The van der Waals surface area contributed by atoms with Gasteiger partial charge in [-0.2, -0.15) is 0 Å². The summed E-state index contributed by atoms with van der Waals surface area (Å²) in [6.07, 6.45) is 2.29. The number of benzene rings is 2. The first-order valence-electron chi connectivity index (χ1n) is 8.48. The summed E-state index contributed by atoms with van der Waals surface area (Å²) in [5.74, 6) is 0. The van der Waals surface area contributed by atoms with Crippen LogP contribution in [0.5, 0.6) is 0 Å². The van der Waals surface area contributed by atoms with E-state index in [9.17, 15) is 4.79 Å². The van der Waals surface area contributed by atoms with Crippen LogP contribution in [0.1, 0.15) is 25.3 Å². The molecule has 0 aliphatic rings. The first kappa shape index (κ1) is 18.0. The zero-order valence-electron chi connectivity index (χ0n) is 14.2. The van der Waals surface area contributed by atoms with Gasteiger partial charge in [-0.05, 0) is 42.9 Å². The number of aliphatic hydroxyl groups is 1. The highest BCUT2D eigenvalue weighted by Crippen LogP contribution is 2.19. The lowest BCUT2D eigenvalue weighted by atomic mass is 10.0. The topological polar surface area (TPSA) is 61.4 Å². The second-order valence-electron chi connectivity index (χ2n) is 5.98. The minimum atomic E-state index is -0.152. The van der Waals surface area contributed by atoms with Gasteiger partial charge in [0.05, 0.1) is 0 Å². The van der Waals surface area contributed by atoms with Gasteiger partial charge in [0.15, 0.2) is 0 Å². The molecule has 4 nitrogen and oxygen atoms in total. The van der Waals surface area contributed by atoms with Crippen LogP contribution in [0.2, 0.25) is 0 Å². The fraction of sp³-hybridized carbons (Fsp3) is 0.350. The van der Waals surface area contributed by atoms with Crippen molar-refractivity contribution < 1.29 is 9.90 Å². The van der Waals surface area contributed by atoms with Gasteiger partial charge in [0.25, 0.3) is 0 Å². The van der Waals surface area contributed by atoms with Crippen molar-refractivity contribution in [2.75, 3.05) is 13.2 Å². The normalized spacial score (nSPS) is 11.8. The summed E-state index contributed by atoms with van der Waals surface area (Å²) in [5, 5.41) is 14.5. The minimum absolute atomic E-state index is 0.0716. The molecule has 3 N–H and O–H groups in total. The van der Waals surface area contributed by atoms with Crippen LogP contribution < -0.4 is 10.6 Å². The van der Waals surface area contributed by atoms with E-state index in [-0.39, 0.29) is 18.7 Å². The first-order valence-corrected chi connectivity index (χ1v) is 8.48. The van der Waals surface area contributed by atoms with E-state index >= 15 is 0 Å². The van der Waals surface area contributed by atoms with Crippen LogP contribution in [0.25, 0.3) is 11.1 Å². The van der Waals surface area contributed by atoms with E-state index < -0.39 is 0 Å². The van der Waals surface area contributed by atoms with E-state index in [0.717, 1.165) is 12.8 Å². The van der Waals surface area contributed by atoms with Crippen molar-refractivity contribution in [2.24, 2.45) is 0 Å². The molecule has 0 heterocycles. The summed E-state index contributed by atoms with van der Waals surface area (Å²) in [4.78, 5) is 11.8. The molecule has 24 heavy (non-hydrogen) atoms. The predicted octanol–water partition coefficient (Wildman–Crippen LogP) is 3.36. The molecular formula is C20H26N2O2. The Hall–Kier alpha value is -2.33. The van der Waals surface area contributed by atoms with Crippen molar-refractivity contribution in [1.82, 2.24) is 10.6 Å². The summed E-state index contributed by atoms with van der Waals surface area (Å²) in [5.41, 5.74) is 3.60. The highest BCUT2D eigenvalue weighted by molar-refractivity contribution is 5.74. The second-order valence-corrected chi connectivity index (χ2v) is 5.98. The molecule has 1 unspecified atom stereocenters. The quantitative estimate of drug-likeness (QED) is 0.696. The third-order valence-corrected chi connectivity index (χ3v) is 3.93. The molecule has 0 saturated heterocycles. The van der Waals surface area contributed by atoms with Gasteiger partial charge < -0.3 is 15.7 Å². The molecule has 128 valence electrons. The number of hydrogen-bond acceptors (Lipinski definition) is 2. The fourth-order valence-corrected chi connectivity index (χ4v) is 2.56. The molecular weight excluding hydrogens is 300 g/mol.